The number of aryl methyl sites for hydroxylation is 1. The Kier molecular flexibility index (Phi) is 2.84. The van der Waals surface area contributed by atoms with E-state index in [-0.39, 0.29) is 5.91 Å². The Labute approximate surface area is 140 Å². The number of para-hydroxylation sites is 1. The van der Waals surface area contributed by atoms with Crippen LogP contribution in [0.15, 0.2) is 42.5 Å². The van der Waals surface area contributed by atoms with Crippen LogP contribution in [0.1, 0.15) is 40.5 Å². The van der Waals surface area contributed by atoms with Gasteiger partial charge in [0.25, 0.3) is 5.91 Å². The summed E-state index contributed by atoms with van der Waals surface area (Å²) in [6, 6.07) is 14.1. The predicted molar refractivity (Wildman–Crippen MR) is 94.5 cm³/mol. The summed E-state index contributed by atoms with van der Waals surface area (Å²) in [6.07, 6.45) is 3.39. The van der Waals surface area contributed by atoms with E-state index in [2.05, 4.69) is 17.7 Å². The van der Waals surface area contributed by atoms with Crippen LogP contribution in [0.3, 0.4) is 0 Å². The minimum Gasteiger partial charge on any atom is -0.331 e. The molecule has 4 heteroatoms. The van der Waals surface area contributed by atoms with Gasteiger partial charge in [0, 0.05) is 30.8 Å². The molecule has 4 nitrogen and oxygen atoms in total. The molecular formula is C20H19N3O. The van der Waals surface area contributed by atoms with Gasteiger partial charge in [-0.1, -0.05) is 18.2 Å². The van der Waals surface area contributed by atoms with Crippen molar-refractivity contribution in [3.8, 4) is 0 Å². The standard InChI is InChI=1S/C20H19N3O/c1-22-18-9-8-15(12-16(18)21-19(22)14-6-7-14)20(24)23-11-10-13-4-2-3-5-17(13)23/h2-5,8-9,12,14H,6-7,10-11H2,1H3. The van der Waals surface area contributed by atoms with Crippen LogP contribution in [-0.4, -0.2) is 22.0 Å². The van der Waals surface area contributed by atoms with Crippen molar-refractivity contribution in [2.24, 2.45) is 7.05 Å². The molecule has 1 saturated carbocycles. The second kappa shape index (κ2) is 4.94. The van der Waals surface area contributed by atoms with E-state index in [0.29, 0.717) is 5.92 Å². The number of imidazole rings is 1. The molecule has 3 aromatic rings. The lowest BCUT2D eigenvalue weighted by molar-refractivity contribution is 0.0989. The molecule has 1 aromatic heterocycles. The molecule has 5 rings (SSSR count). The summed E-state index contributed by atoms with van der Waals surface area (Å²) in [4.78, 5) is 19.7. The van der Waals surface area contributed by atoms with E-state index in [4.69, 9.17) is 4.98 Å². The van der Waals surface area contributed by atoms with Crippen molar-refractivity contribution in [3.05, 3.63) is 59.4 Å². The Hall–Kier alpha value is -2.62. The highest BCUT2D eigenvalue weighted by Crippen LogP contribution is 2.40. The number of hydrogen-bond acceptors (Lipinski definition) is 2. The van der Waals surface area contributed by atoms with Gasteiger partial charge in [0.05, 0.1) is 11.0 Å². The second-order valence-electron chi connectivity index (χ2n) is 6.84. The van der Waals surface area contributed by atoms with Crippen LogP contribution in [0.5, 0.6) is 0 Å². The first-order chi connectivity index (χ1) is 11.7. The number of benzene rings is 2. The molecule has 24 heavy (non-hydrogen) atoms. The Morgan fingerprint density at radius 2 is 2.00 bits per heavy atom. The zero-order chi connectivity index (χ0) is 16.3. The summed E-state index contributed by atoms with van der Waals surface area (Å²) in [6.45, 7) is 0.756. The van der Waals surface area contributed by atoms with Crippen molar-refractivity contribution >= 4 is 22.6 Å². The molecule has 0 spiro atoms. The number of hydrogen-bond donors (Lipinski definition) is 0. The summed E-state index contributed by atoms with van der Waals surface area (Å²) in [7, 11) is 2.07. The average molecular weight is 317 g/mol. The van der Waals surface area contributed by atoms with Gasteiger partial charge in [-0.05, 0) is 49.1 Å². The lowest BCUT2D eigenvalue weighted by atomic mass is 10.1. The number of carbonyl (C=O) groups is 1. The van der Waals surface area contributed by atoms with E-state index in [1.54, 1.807) is 0 Å². The van der Waals surface area contributed by atoms with Crippen molar-refractivity contribution < 1.29 is 4.79 Å². The van der Waals surface area contributed by atoms with Crippen molar-refractivity contribution in [1.82, 2.24) is 9.55 Å². The molecule has 0 N–H and O–H groups in total. The average Bonchev–Trinajstić information content (AvgIpc) is 3.28. The van der Waals surface area contributed by atoms with Crippen LogP contribution in [0, 0.1) is 0 Å². The smallest absolute Gasteiger partial charge is 0.258 e. The molecule has 0 radical (unpaired) electrons. The lowest BCUT2D eigenvalue weighted by Crippen LogP contribution is -2.28. The Bertz CT molecular complexity index is 968. The maximum atomic E-state index is 13.0. The van der Waals surface area contributed by atoms with Crippen LogP contribution < -0.4 is 4.90 Å². The molecule has 0 atom stereocenters. The SMILES string of the molecule is Cn1c(C2CC2)nc2cc(C(=O)N3CCc4ccccc43)ccc21. The first kappa shape index (κ1) is 13.8. The van der Waals surface area contributed by atoms with Crippen LogP contribution >= 0.6 is 0 Å². The van der Waals surface area contributed by atoms with Gasteiger partial charge in [0.15, 0.2) is 0 Å². The molecular weight excluding hydrogens is 298 g/mol. The zero-order valence-corrected chi connectivity index (χ0v) is 13.7. The third kappa shape index (κ3) is 1.99. The lowest BCUT2D eigenvalue weighted by Gasteiger charge is -2.17. The van der Waals surface area contributed by atoms with Crippen molar-refractivity contribution in [2.75, 3.05) is 11.4 Å². The molecule has 1 amide bonds. The first-order valence-electron chi connectivity index (χ1n) is 8.58. The van der Waals surface area contributed by atoms with Gasteiger partial charge in [-0.2, -0.15) is 0 Å². The third-order valence-corrected chi connectivity index (χ3v) is 5.24. The maximum absolute atomic E-state index is 13.0. The van der Waals surface area contributed by atoms with E-state index in [1.807, 2.05) is 41.3 Å². The highest BCUT2D eigenvalue weighted by molar-refractivity contribution is 6.08. The van der Waals surface area contributed by atoms with Crippen molar-refractivity contribution in [1.29, 1.82) is 0 Å². The predicted octanol–water partition coefficient (Wildman–Crippen LogP) is 3.65. The Morgan fingerprint density at radius 1 is 1.17 bits per heavy atom. The summed E-state index contributed by atoms with van der Waals surface area (Å²) in [5.74, 6) is 1.83. The summed E-state index contributed by atoms with van der Waals surface area (Å²) in [5, 5.41) is 0. The fourth-order valence-electron chi connectivity index (χ4n) is 3.76. The van der Waals surface area contributed by atoms with Crippen LogP contribution in [-0.2, 0) is 13.5 Å². The van der Waals surface area contributed by atoms with E-state index in [1.165, 1.54) is 18.4 Å². The fraction of sp³-hybridized carbons (Fsp3) is 0.300. The number of carbonyl (C=O) groups excluding carboxylic acids is 1. The van der Waals surface area contributed by atoms with Crippen LogP contribution in [0.2, 0.25) is 0 Å². The molecule has 1 aliphatic carbocycles. The fourth-order valence-corrected chi connectivity index (χ4v) is 3.76. The van der Waals surface area contributed by atoms with Gasteiger partial charge in [0.1, 0.15) is 5.82 Å². The quantitative estimate of drug-likeness (QED) is 0.723. The van der Waals surface area contributed by atoms with Gasteiger partial charge < -0.3 is 9.47 Å². The number of fused-ring (bicyclic) bond motifs is 2. The minimum atomic E-state index is 0.0699. The number of rotatable bonds is 2. The molecule has 0 unspecified atom stereocenters. The topological polar surface area (TPSA) is 38.1 Å². The van der Waals surface area contributed by atoms with Gasteiger partial charge in [-0.3, -0.25) is 4.79 Å². The van der Waals surface area contributed by atoms with Crippen molar-refractivity contribution in [2.45, 2.75) is 25.2 Å². The van der Waals surface area contributed by atoms with Crippen LogP contribution in [0.25, 0.3) is 11.0 Å². The third-order valence-electron chi connectivity index (χ3n) is 5.24. The van der Waals surface area contributed by atoms with E-state index < -0.39 is 0 Å². The van der Waals surface area contributed by atoms with E-state index in [0.717, 1.165) is 41.1 Å². The number of aromatic nitrogens is 2. The van der Waals surface area contributed by atoms with E-state index >= 15 is 0 Å². The molecule has 0 saturated heterocycles. The molecule has 2 heterocycles. The number of nitrogens with zero attached hydrogens (tertiary/aromatic N) is 3. The monoisotopic (exact) mass is 317 g/mol. The van der Waals surface area contributed by atoms with E-state index in [9.17, 15) is 4.79 Å². The highest BCUT2D eigenvalue weighted by atomic mass is 16.2. The maximum Gasteiger partial charge on any atom is 0.258 e. The Balaban J connectivity index is 1.54. The van der Waals surface area contributed by atoms with Crippen LogP contribution in [0.4, 0.5) is 5.69 Å². The van der Waals surface area contributed by atoms with Gasteiger partial charge in [-0.25, -0.2) is 4.98 Å². The minimum absolute atomic E-state index is 0.0699. The first-order valence-corrected chi connectivity index (χ1v) is 8.58. The zero-order valence-electron chi connectivity index (χ0n) is 13.7. The van der Waals surface area contributed by atoms with Crippen molar-refractivity contribution in [3.63, 3.8) is 0 Å². The molecule has 1 fully saturated rings. The molecule has 2 aromatic carbocycles. The normalized spacial score (nSPS) is 16.6. The largest absolute Gasteiger partial charge is 0.331 e. The van der Waals surface area contributed by atoms with Gasteiger partial charge in [0.2, 0.25) is 0 Å². The molecule has 0 bridgehead atoms. The second-order valence-corrected chi connectivity index (χ2v) is 6.84. The Morgan fingerprint density at radius 3 is 2.83 bits per heavy atom. The highest BCUT2D eigenvalue weighted by Gasteiger charge is 2.29. The van der Waals surface area contributed by atoms with Gasteiger partial charge in [-0.15, -0.1) is 0 Å². The molecule has 1 aliphatic heterocycles. The summed E-state index contributed by atoms with van der Waals surface area (Å²) < 4.78 is 2.17. The molecule has 2 aliphatic rings. The summed E-state index contributed by atoms with van der Waals surface area (Å²) in [5.41, 5.74) is 5.05. The number of amides is 1. The summed E-state index contributed by atoms with van der Waals surface area (Å²) >= 11 is 0. The number of anilines is 1. The molecule has 120 valence electrons. The van der Waals surface area contributed by atoms with Gasteiger partial charge >= 0.3 is 0 Å².